The highest BCUT2D eigenvalue weighted by atomic mass is 16.7. The van der Waals surface area contributed by atoms with Crippen LogP contribution in [0.25, 0.3) is 11.3 Å². The Morgan fingerprint density at radius 1 is 0.664 bits per heavy atom. The van der Waals surface area contributed by atoms with Gasteiger partial charge in [-0.1, -0.05) is 66.7 Å². The number of ether oxygens (including phenoxy) is 11. The number of fused-ring (bicyclic) bond motifs is 1. The summed E-state index contributed by atoms with van der Waals surface area (Å²) >= 11 is 0. The number of allylic oxidation sites excluding steroid dienone is 1. The second kappa shape index (κ2) is 39.6. The van der Waals surface area contributed by atoms with Gasteiger partial charge in [0, 0.05) is 109 Å². The third-order valence-electron chi connectivity index (χ3n) is 24.2. The Morgan fingerprint density at radius 2 is 1.22 bits per heavy atom. The Morgan fingerprint density at radius 3 is 1.75 bits per heavy atom. The van der Waals surface area contributed by atoms with Crippen LogP contribution in [0.4, 0.5) is 15.4 Å². The predicted molar refractivity (Wildman–Crippen MR) is 432 cm³/mol. The molecule has 30 heteroatoms. The second-order valence-electron chi connectivity index (χ2n) is 33.8. The van der Waals surface area contributed by atoms with Crippen LogP contribution in [0.3, 0.4) is 0 Å². The molecule has 30 nitrogen and oxygen atoms in total. The summed E-state index contributed by atoms with van der Waals surface area (Å²) in [5.41, 5.74) is -3.29. The molecule has 1 aromatic carbocycles. The molecule has 4 saturated heterocycles. The van der Waals surface area contributed by atoms with Gasteiger partial charge in [0.05, 0.1) is 65.3 Å². The number of aliphatic hydroxyl groups excluding tert-OH is 1. The van der Waals surface area contributed by atoms with Crippen LogP contribution >= 0.6 is 0 Å². The summed E-state index contributed by atoms with van der Waals surface area (Å²) in [7, 11) is 14.3. The van der Waals surface area contributed by atoms with Crippen molar-refractivity contribution in [2.75, 3.05) is 68.0 Å². The van der Waals surface area contributed by atoms with E-state index in [9.17, 15) is 48.3 Å². The molecule has 0 spiro atoms. The lowest BCUT2D eigenvalue weighted by Gasteiger charge is -2.47. The number of aliphatic hydroxyl groups is 1. The Balaban J connectivity index is 0.000000322. The van der Waals surface area contributed by atoms with Crippen molar-refractivity contribution >= 4 is 59.0 Å². The normalized spacial score (nSPS) is 35.2. The summed E-state index contributed by atoms with van der Waals surface area (Å²) in [5.74, 6) is -9.35. The van der Waals surface area contributed by atoms with Gasteiger partial charge < -0.3 is 81.4 Å². The monoisotopic (exact) mass is 1620 g/mol. The van der Waals surface area contributed by atoms with Crippen molar-refractivity contribution in [1.82, 2.24) is 38.8 Å². The lowest BCUT2D eigenvalue weighted by atomic mass is 9.73. The molecule has 4 aromatic rings. The second-order valence-corrected chi connectivity index (χ2v) is 33.8. The molecule has 644 valence electrons. The molecule has 5 aliphatic heterocycles. The lowest BCUT2D eigenvalue weighted by molar-refractivity contribution is -0.295. The lowest BCUT2D eigenvalue weighted by Crippen LogP contribution is -2.60. The Bertz CT molecular complexity index is 4050. The van der Waals surface area contributed by atoms with E-state index < -0.39 is 161 Å². The number of likely N-dealkylation sites (N-methyl/N-ethyl adjacent to an activating group) is 2. The molecule has 3 aromatic heterocycles. The Hall–Kier alpha value is -8.20. The summed E-state index contributed by atoms with van der Waals surface area (Å²) in [5, 5.41) is 11.5. The molecule has 0 unspecified atom stereocenters. The fraction of sp³-hybridized carbons (Fsp3) is 0.674. The molecule has 116 heavy (non-hydrogen) atoms. The number of Topliss-reactive ketones (excluding diaryl/α,β-unsaturated/α-hetero) is 4. The Kier molecular flexibility index (Phi) is 31.8. The molecule has 0 bridgehead atoms. The van der Waals surface area contributed by atoms with Gasteiger partial charge >= 0.3 is 30.1 Å². The minimum absolute atomic E-state index is 0. The zero-order valence-corrected chi connectivity index (χ0v) is 72.3. The topological polar surface area (TPSA) is 337 Å². The molecular weight excluding hydrogens is 1490 g/mol. The summed E-state index contributed by atoms with van der Waals surface area (Å²) in [6.45, 7) is 28.3. The van der Waals surface area contributed by atoms with Crippen LogP contribution in [0.15, 0.2) is 91.6 Å². The van der Waals surface area contributed by atoms with Gasteiger partial charge in [0.2, 0.25) is 0 Å². The SMILES string of the molecule is CC[C@H]1OC(=O)[C@H](C)C(=O)[C@H](C)[C@@H](O[C@@H]2O[C@H](C)C[C@H](N(C)C)[C@H]2O)[C@@](C)(OC)C[C@@H](C)C(=O)[C@H](C)[C@H]2N(CCCCn3cnc(-c4ccc(N(C)C)nc4)c3)C(=O)O[C@]12C.CC[C@H]1OC(=O)[C@H](C)C(=O)[C@H](C)[C@@H](O[C@@H]2O[C@H](C)C[C@H](N(C)C)[C@H]2OC(=O)c2ccccc2)[C@@](C)(OC)C[C@@H](C)C(=O)/C(C)=C/[C@]1(C)OC(=O)n1ccnc1.[HH]. The molecule has 24 atom stereocenters. The number of amides is 1. The van der Waals surface area contributed by atoms with Crippen molar-refractivity contribution in [3.05, 3.63) is 97.1 Å². The fourth-order valence-corrected chi connectivity index (χ4v) is 17.4. The first-order chi connectivity index (χ1) is 54.5. The number of rotatable bonds is 20. The van der Waals surface area contributed by atoms with E-state index in [1.54, 1.807) is 117 Å². The van der Waals surface area contributed by atoms with Gasteiger partial charge in [-0.2, -0.15) is 0 Å². The number of unbranched alkanes of at least 4 members (excludes halogenated alkanes) is 1. The van der Waals surface area contributed by atoms with Crippen molar-refractivity contribution in [2.24, 2.45) is 41.4 Å². The number of aryl methyl sites for hydroxylation is 1. The number of carbonyl (C=O) groups is 9. The van der Waals surface area contributed by atoms with Crippen LogP contribution in [0.5, 0.6) is 0 Å². The average Bonchev–Trinajstić information content (AvgIpc) is 1.62. The van der Waals surface area contributed by atoms with Crippen LogP contribution < -0.4 is 4.90 Å². The molecule has 1 N–H and O–H groups in total. The Labute approximate surface area is 685 Å². The van der Waals surface area contributed by atoms with Crippen LogP contribution in [-0.2, 0) is 87.4 Å². The average molecular weight is 1630 g/mol. The molecule has 0 radical (unpaired) electrons. The van der Waals surface area contributed by atoms with E-state index in [0.717, 1.165) is 21.6 Å². The number of cyclic esters (lactones) is 2. The zero-order valence-electron chi connectivity index (χ0n) is 72.3. The number of methoxy groups -OCH3 is 2. The molecule has 4 fully saturated rings. The predicted octanol–water partition coefficient (Wildman–Crippen LogP) is 10.7. The van der Waals surface area contributed by atoms with Gasteiger partial charge in [-0.3, -0.25) is 28.8 Å². The van der Waals surface area contributed by atoms with Gasteiger partial charge in [0.1, 0.15) is 48.1 Å². The summed E-state index contributed by atoms with van der Waals surface area (Å²) < 4.78 is 71.8. The summed E-state index contributed by atoms with van der Waals surface area (Å²) in [4.78, 5) is 146. The molecule has 9 rings (SSSR count). The number of imidazole rings is 2. The van der Waals surface area contributed by atoms with E-state index in [1.807, 2.05) is 108 Å². The van der Waals surface area contributed by atoms with Gasteiger partial charge in [-0.25, -0.2) is 33.9 Å². The number of aromatic nitrogens is 5. The van der Waals surface area contributed by atoms with Crippen LogP contribution in [0.1, 0.15) is 174 Å². The van der Waals surface area contributed by atoms with E-state index >= 15 is 0 Å². The number of hydrogen-bond donors (Lipinski definition) is 1. The highest BCUT2D eigenvalue weighted by Crippen LogP contribution is 2.45. The third kappa shape index (κ3) is 21.3. The molecule has 0 saturated carbocycles. The standard InChI is InChI=1S/C45H70N6O10.C41H57N3O11.H2/c1-14-34-45(8)39(51(43(56)61-45)20-16-15-19-50-24-32(47-25-50)31-17-18-35(46-23-31)49(11)12)28(4)36(52)26(2)22-44(7,57-13)40(29(5)37(53)30(6)41(55)59-34)60-42-38(54)33(48(9)10)21-27(3)58-42;1-12-31-40(7,55-39(49)44-19-18-42-23-44)21-24(2)32(45)25(3)22-41(8,50-11)35(27(5)33(46)28(6)36(47)52-31)54-38-34(30(43(9)10)20-26(4)51-38)53-37(48)29-16-14-13-15-17-29;/h17-18,23-30,33-34,38-40,42,54H,14-16,19-22H2,1-13H3;13-19,21,23,25-28,30-31,34-35,38H,12,20,22H2,1-11H3;1H/b;24-21+;/t26-,27-,28+,29+,30-,33+,34-,38-,39-,40-,42+,44+,45-;25-,26-,27+,28-,30+,31-,34-,35-,38+,40+,41+;/m11./s1. The number of ketones is 4. The molecule has 0 aliphatic carbocycles. The maximum atomic E-state index is 14.8. The molecular formula is C86H129N9O21. The highest BCUT2D eigenvalue weighted by Gasteiger charge is 2.61. The quantitative estimate of drug-likeness (QED) is 0.0372. The van der Waals surface area contributed by atoms with E-state index in [1.165, 1.54) is 52.9 Å². The van der Waals surface area contributed by atoms with E-state index in [0.29, 0.717) is 44.3 Å². The maximum absolute atomic E-state index is 14.8. The number of esters is 3. The highest BCUT2D eigenvalue weighted by molar-refractivity contribution is 6.01. The summed E-state index contributed by atoms with van der Waals surface area (Å²) in [6, 6.07) is 11.1. The number of pyridine rings is 1. The zero-order chi connectivity index (χ0) is 86.0. The van der Waals surface area contributed by atoms with E-state index in [4.69, 9.17) is 52.1 Å². The number of anilines is 1. The van der Waals surface area contributed by atoms with E-state index in [-0.39, 0.29) is 68.5 Å². The van der Waals surface area contributed by atoms with Crippen molar-refractivity contribution in [1.29, 1.82) is 0 Å². The number of hydrogen-bond acceptors (Lipinski definition) is 27. The van der Waals surface area contributed by atoms with Gasteiger partial charge in [0.25, 0.3) is 0 Å². The van der Waals surface area contributed by atoms with Gasteiger partial charge in [-0.15, -0.1) is 0 Å². The molecule has 8 heterocycles. The third-order valence-corrected chi connectivity index (χ3v) is 24.2. The number of carbonyl (C=O) groups excluding carboxylic acids is 9. The first-order valence-electron chi connectivity index (χ1n) is 40.6. The van der Waals surface area contributed by atoms with Crippen molar-refractivity contribution in [2.45, 2.75) is 271 Å². The van der Waals surface area contributed by atoms with Crippen LogP contribution in [-0.4, -0.2) is 262 Å². The number of nitrogens with zero attached hydrogens (tertiary/aromatic N) is 9. The first kappa shape index (κ1) is 93.3. The minimum Gasteiger partial charge on any atom is -0.458 e. The van der Waals surface area contributed by atoms with Gasteiger partial charge in [-0.05, 0) is 178 Å². The van der Waals surface area contributed by atoms with E-state index in [2.05, 4.69) is 15.0 Å². The van der Waals surface area contributed by atoms with Crippen LogP contribution in [0.2, 0.25) is 0 Å². The van der Waals surface area contributed by atoms with Crippen molar-refractivity contribution < 1.29 is 102 Å². The van der Waals surface area contributed by atoms with Gasteiger partial charge in [0.15, 0.2) is 47.2 Å². The largest absolute Gasteiger partial charge is 0.458 e. The van der Waals surface area contributed by atoms with Crippen LogP contribution in [0, 0.1) is 41.4 Å². The van der Waals surface area contributed by atoms with Crippen molar-refractivity contribution in [3.8, 4) is 11.3 Å². The smallest absolute Gasteiger partial charge is 0.420 e. The molecule has 1 amide bonds. The minimum atomic E-state index is -1.61. The fourth-order valence-electron chi connectivity index (χ4n) is 17.4. The molecule has 5 aliphatic rings. The maximum Gasteiger partial charge on any atom is 0.420 e. The number of benzene rings is 1. The first-order valence-corrected chi connectivity index (χ1v) is 40.6. The van der Waals surface area contributed by atoms with Crippen molar-refractivity contribution in [3.63, 3.8) is 0 Å². The summed E-state index contributed by atoms with van der Waals surface area (Å²) in [6.07, 6.45) is 3.71.